The topological polar surface area (TPSA) is 91.8 Å². The van der Waals surface area contributed by atoms with Crippen molar-refractivity contribution in [2.24, 2.45) is 11.8 Å². The van der Waals surface area contributed by atoms with Gasteiger partial charge in [0.1, 0.15) is 5.82 Å². The van der Waals surface area contributed by atoms with Crippen LogP contribution in [0.15, 0.2) is 60.8 Å². The summed E-state index contributed by atoms with van der Waals surface area (Å²) in [6.07, 6.45) is 5.16. The van der Waals surface area contributed by atoms with Gasteiger partial charge in [0, 0.05) is 48.6 Å². The molecule has 0 spiro atoms. The van der Waals surface area contributed by atoms with E-state index < -0.39 is 0 Å². The maximum atomic E-state index is 11.2. The van der Waals surface area contributed by atoms with Crippen molar-refractivity contribution in [2.75, 3.05) is 17.2 Å². The molecule has 2 aliphatic rings. The summed E-state index contributed by atoms with van der Waals surface area (Å²) < 4.78 is 0. The van der Waals surface area contributed by atoms with Crippen molar-refractivity contribution in [2.45, 2.75) is 38.3 Å². The predicted octanol–water partition coefficient (Wildman–Crippen LogP) is 3.52. The lowest BCUT2D eigenvalue weighted by atomic mass is 9.91. The molecule has 7 heteroatoms. The molecule has 0 unspecified atom stereocenters. The van der Waals surface area contributed by atoms with Crippen molar-refractivity contribution in [1.29, 1.82) is 0 Å². The van der Waals surface area contributed by atoms with E-state index in [0.29, 0.717) is 23.9 Å². The van der Waals surface area contributed by atoms with Gasteiger partial charge in [0.2, 0.25) is 5.91 Å². The first kappa shape index (κ1) is 20.6. The van der Waals surface area contributed by atoms with E-state index in [2.05, 4.69) is 43.3 Å². The summed E-state index contributed by atoms with van der Waals surface area (Å²) in [4.78, 5) is 15.7. The van der Waals surface area contributed by atoms with Gasteiger partial charge < -0.3 is 16.0 Å². The largest absolute Gasteiger partial charge is 0.366 e. The van der Waals surface area contributed by atoms with E-state index >= 15 is 0 Å². The molecule has 1 aliphatic carbocycles. The Bertz CT molecular complexity index is 1050. The van der Waals surface area contributed by atoms with Gasteiger partial charge in [-0.15, -0.1) is 10.2 Å². The summed E-state index contributed by atoms with van der Waals surface area (Å²) in [5, 5.41) is 18.9. The second kappa shape index (κ2) is 9.04. The summed E-state index contributed by atoms with van der Waals surface area (Å²) in [7, 11) is 0. The summed E-state index contributed by atoms with van der Waals surface area (Å²) in [6, 6.07) is 18.7. The van der Waals surface area contributed by atoms with Crippen LogP contribution in [-0.2, 0) is 11.2 Å². The van der Waals surface area contributed by atoms with Gasteiger partial charge >= 0.3 is 0 Å². The van der Waals surface area contributed by atoms with Crippen LogP contribution in [0.1, 0.15) is 25.5 Å². The first-order valence-electron chi connectivity index (χ1n) is 11.3. The molecule has 1 amide bonds. The Morgan fingerprint density at radius 3 is 2.66 bits per heavy atom. The molecule has 2 aromatic heterocycles. The van der Waals surface area contributed by atoms with Crippen LogP contribution < -0.4 is 16.0 Å². The number of rotatable bonds is 6. The molecule has 5 rings (SSSR count). The number of hydrogen-bond donors (Lipinski definition) is 3. The number of nitrogens with one attached hydrogen (secondary N) is 3. The maximum absolute atomic E-state index is 11.2. The maximum Gasteiger partial charge on any atom is 0.221 e. The van der Waals surface area contributed by atoms with Crippen LogP contribution in [-0.4, -0.2) is 39.7 Å². The molecule has 3 heterocycles. The fourth-order valence-corrected chi connectivity index (χ4v) is 5.12. The fraction of sp³-hybridized carbons (Fsp3) is 0.360. The van der Waals surface area contributed by atoms with E-state index in [1.807, 2.05) is 48.7 Å². The Balaban J connectivity index is 1.18. The molecule has 3 N–H and O–H groups in total. The number of carbonyl (C=O) groups is 1. The highest BCUT2D eigenvalue weighted by molar-refractivity contribution is 5.88. The zero-order valence-electron chi connectivity index (χ0n) is 18.2. The number of pyridine rings is 1. The molecule has 0 bridgehead atoms. The Labute approximate surface area is 188 Å². The van der Waals surface area contributed by atoms with Crippen molar-refractivity contribution in [3.63, 3.8) is 0 Å². The molecule has 0 radical (unpaired) electrons. The number of fused-ring (bicyclic) bond motifs is 1. The quantitative estimate of drug-likeness (QED) is 0.556. The first-order chi connectivity index (χ1) is 15.6. The zero-order chi connectivity index (χ0) is 21.9. The highest BCUT2D eigenvalue weighted by Gasteiger charge is 2.43. The minimum Gasteiger partial charge on any atom is -0.366 e. The third kappa shape index (κ3) is 4.62. The highest BCUT2D eigenvalue weighted by Crippen LogP contribution is 2.40. The van der Waals surface area contributed by atoms with Crippen molar-refractivity contribution < 1.29 is 4.79 Å². The van der Waals surface area contributed by atoms with Gasteiger partial charge in [-0.3, -0.25) is 9.78 Å². The summed E-state index contributed by atoms with van der Waals surface area (Å²) in [5.74, 6) is 2.12. The van der Waals surface area contributed by atoms with E-state index in [1.165, 1.54) is 6.92 Å². The average molecular weight is 429 g/mol. The van der Waals surface area contributed by atoms with Gasteiger partial charge in [-0.05, 0) is 67.6 Å². The standard InChI is InChI=1S/C25H28N6O/c1-16(32)28-19-7-5-17(6-8-19)23-9-10-25(31-30-23)29-21-12-18-15-27-24(22(18)13-21)14-20-4-2-3-11-26-20/h2-11,18,21-22,24,27H,12-15H2,1H3,(H,28,32)(H,29,31)/t18-,21+,22+,24+/m1/s1. The summed E-state index contributed by atoms with van der Waals surface area (Å²) >= 11 is 0. The molecule has 3 aromatic rings. The van der Waals surface area contributed by atoms with Gasteiger partial charge in [0.25, 0.3) is 0 Å². The molecule has 2 fully saturated rings. The monoisotopic (exact) mass is 428 g/mol. The molecule has 1 aromatic carbocycles. The van der Waals surface area contributed by atoms with Gasteiger partial charge in [0.05, 0.1) is 5.69 Å². The molecule has 1 aliphatic heterocycles. The Morgan fingerprint density at radius 1 is 1.06 bits per heavy atom. The van der Waals surface area contributed by atoms with Crippen LogP contribution in [0.4, 0.5) is 11.5 Å². The Kier molecular flexibility index (Phi) is 5.81. The molecule has 1 saturated carbocycles. The average Bonchev–Trinajstić information content (AvgIpc) is 3.36. The van der Waals surface area contributed by atoms with Crippen LogP contribution in [0, 0.1) is 11.8 Å². The second-order valence-electron chi connectivity index (χ2n) is 8.84. The van der Waals surface area contributed by atoms with E-state index in [0.717, 1.165) is 54.3 Å². The molecule has 1 saturated heterocycles. The van der Waals surface area contributed by atoms with Gasteiger partial charge in [-0.25, -0.2) is 0 Å². The lowest BCUT2D eigenvalue weighted by molar-refractivity contribution is -0.114. The van der Waals surface area contributed by atoms with E-state index in [9.17, 15) is 4.79 Å². The van der Waals surface area contributed by atoms with Crippen LogP contribution in [0.3, 0.4) is 0 Å². The number of aromatic nitrogens is 3. The lowest BCUT2D eigenvalue weighted by Gasteiger charge is -2.19. The van der Waals surface area contributed by atoms with E-state index in [1.54, 1.807) is 0 Å². The summed E-state index contributed by atoms with van der Waals surface area (Å²) in [5.41, 5.74) is 3.72. The van der Waals surface area contributed by atoms with E-state index in [4.69, 9.17) is 0 Å². The lowest BCUT2D eigenvalue weighted by Crippen LogP contribution is -2.31. The minimum atomic E-state index is -0.0807. The number of anilines is 2. The Hall–Kier alpha value is -3.32. The molecule has 32 heavy (non-hydrogen) atoms. The first-order valence-corrected chi connectivity index (χ1v) is 11.3. The van der Waals surface area contributed by atoms with Gasteiger partial charge in [0.15, 0.2) is 0 Å². The number of hydrogen-bond acceptors (Lipinski definition) is 6. The second-order valence-corrected chi connectivity index (χ2v) is 8.84. The number of benzene rings is 1. The highest BCUT2D eigenvalue weighted by atomic mass is 16.1. The third-order valence-corrected chi connectivity index (χ3v) is 6.58. The van der Waals surface area contributed by atoms with Crippen molar-refractivity contribution in [3.05, 3.63) is 66.5 Å². The van der Waals surface area contributed by atoms with Gasteiger partial charge in [-0.1, -0.05) is 18.2 Å². The molecule has 7 nitrogen and oxygen atoms in total. The van der Waals surface area contributed by atoms with Crippen molar-refractivity contribution >= 4 is 17.4 Å². The SMILES string of the molecule is CC(=O)Nc1ccc(-c2ccc(N[C@H]3C[C@@H]4CN[C@@H](Cc5ccccn5)[C@H]4C3)nn2)cc1. The van der Waals surface area contributed by atoms with Crippen LogP contribution in [0.2, 0.25) is 0 Å². The van der Waals surface area contributed by atoms with Crippen LogP contribution in [0.5, 0.6) is 0 Å². The van der Waals surface area contributed by atoms with Crippen molar-refractivity contribution in [3.8, 4) is 11.3 Å². The third-order valence-electron chi connectivity index (χ3n) is 6.58. The molecular weight excluding hydrogens is 400 g/mol. The predicted molar refractivity (Wildman–Crippen MR) is 125 cm³/mol. The van der Waals surface area contributed by atoms with Crippen LogP contribution in [0.25, 0.3) is 11.3 Å². The minimum absolute atomic E-state index is 0.0807. The molecule has 4 atom stereocenters. The zero-order valence-corrected chi connectivity index (χ0v) is 18.2. The normalized spacial score (nSPS) is 24.2. The number of nitrogens with zero attached hydrogens (tertiary/aromatic N) is 3. The van der Waals surface area contributed by atoms with Crippen LogP contribution >= 0.6 is 0 Å². The Morgan fingerprint density at radius 2 is 1.94 bits per heavy atom. The van der Waals surface area contributed by atoms with E-state index in [-0.39, 0.29) is 5.91 Å². The summed E-state index contributed by atoms with van der Waals surface area (Å²) in [6.45, 7) is 2.58. The van der Waals surface area contributed by atoms with Crippen molar-refractivity contribution in [1.82, 2.24) is 20.5 Å². The number of carbonyl (C=O) groups excluding carboxylic acids is 1. The molecular formula is C25H28N6O. The number of amides is 1. The molecule has 164 valence electrons. The van der Waals surface area contributed by atoms with Gasteiger partial charge in [-0.2, -0.15) is 0 Å². The fourth-order valence-electron chi connectivity index (χ4n) is 5.12. The smallest absolute Gasteiger partial charge is 0.221 e.